The zero-order valence-corrected chi connectivity index (χ0v) is 20.7. The molecule has 1 rings (SSSR count). The quantitative estimate of drug-likeness (QED) is 0.312. The smallest absolute Gasteiger partial charge is 0.453 e. The second-order valence-electron chi connectivity index (χ2n) is 7.66. The van der Waals surface area contributed by atoms with Gasteiger partial charge in [-0.1, -0.05) is 13.8 Å². The van der Waals surface area contributed by atoms with Gasteiger partial charge in [0.25, 0.3) is 0 Å². The summed E-state index contributed by atoms with van der Waals surface area (Å²) in [6, 6.07) is -1.11. The van der Waals surface area contributed by atoms with E-state index in [1.165, 1.54) is 27.9 Å². The Balaban J connectivity index is 3.53. The minimum Gasteiger partial charge on any atom is -0.453 e. The monoisotopic (exact) mass is 509 g/mol. The number of rotatable bonds is 10. The Bertz CT molecular complexity index is 715. The van der Waals surface area contributed by atoms with Crippen molar-refractivity contribution < 1.29 is 62.2 Å². The highest BCUT2D eigenvalue weighted by molar-refractivity contribution is 5.76. The highest BCUT2D eigenvalue weighted by Crippen LogP contribution is 2.33. The Morgan fingerprint density at radius 2 is 1.09 bits per heavy atom. The van der Waals surface area contributed by atoms with Gasteiger partial charge >= 0.3 is 24.4 Å². The molecule has 14 nitrogen and oxygen atoms in total. The van der Waals surface area contributed by atoms with Crippen molar-refractivity contribution in [2.75, 3.05) is 26.9 Å². The molecular formula is C21H35NO13. The van der Waals surface area contributed by atoms with E-state index in [1.807, 2.05) is 0 Å². The third kappa shape index (κ3) is 8.40. The second kappa shape index (κ2) is 14.5. The van der Waals surface area contributed by atoms with Crippen LogP contribution in [0.4, 0.5) is 14.4 Å². The summed E-state index contributed by atoms with van der Waals surface area (Å²) in [6.45, 7) is 7.70. The molecule has 35 heavy (non-hydrogen) atoms. The predicted molar refractivity (Wildman–Crippen MR) is 115 cm³/mol. The van der Waals surface area contributed by atoms with Gasteiger partial charge in [-0.25, -0.2) is 14.4 Å². The first-order valence-corrected chi connectivity index (χ1v) is 11.2. The van der Waals surface area contributed by atoms with Crippen LogP contribution in [0.2, 0.25) is 0 Å². The molecule has 0 aromatic rings. The Kier molecular flexibility index (Phi) is 12.5. The SMILES string of the molecule is CCOC(=O)OC1C(O)C(OC)C(OC(=O)OCC)C(OC(=O)[C@@H](N)C(C)C)C1OC(=O)OCC. The van der Waals surface area contributed by atoms with E-state index in [0.717, 1.165) is 0 Å². The van der Waals surface area contributed by atoms with E-state index in [4.69, 9.17) is 43.6 Å². The molecule has 7 atom stereocenters. The number of aliphatic hydroxyl groups is 1. The number of hydrogen-bond donors (Lipinski definition) is 2. The van der Waals surface area contributed by atoms with Gasteiger partial charge in [-0.2, -0.15) is 0 Å². The normalized spacial score (nSPS) is 26.8. The van der Waals surface area contributed by atoms with Gasteiger partial charge in [0.15, 0.2) is 24.4 Å². The molecule has 0 radical (unpaired) electrons. The van der Waals surface area contributed by atoms with Crippen LogP contribution in [0, 0.1) is 5.92 Å². The minimum atomic E-state index is -1.74. The van der Waals surface area contributed by atoms with Crippen LogP contribution in [-0.4, -0.2) is 99.1 Å². The molecule has 1 aliphatic carbocycles. The Hall–Kier alpha value is -2.84. The lowest BCUT2D eigenvalue weighted by Crippen LogP contribution is -2.68. The van der Waals surface area contributed by atoms with E-state index >= 15 is 0 Å². The summed E-state index contributed by atoms with van der Waals surface area (Å²) >= 11 is 0. The van der Waals surface area contributed by atoms with Crippen LogP contribution < -0.4 is 5.73 Å². The van der Waals surface area contributed by atoms with Crippen molar-refractivity contribution in [1.29, 1.82) is 0 Å². The van der Waals surface area contributed by atoms with Crippen LogP contribution in [0.3, 0.4) is 0 Å². The molecule has 0 bridgehead atoms. The van der Waals surface area contributed by atoms with Crippen LogP contribution in [0.1, 0.15) is 34.6 Å². The van der Waals surface area contributed by atoms with E-state index < -0.39 is 67.1 Å². The average Bonchev–Trinajstić information content (AvgIpc) is 2.78. The van der Waals surface area contributed by atoms with E-state index in [0.29, 0.717) is 0 Å². The highest BCUT2D eigenvalue weighted by atomic mass is 16.8. The molecule has 0 aromatic carbocycles. The summed E-state index contributed by atoms with van der Waals surface area (Å²) in [7, 11) is 1.17. The lowest BCUT2D eigenvalue weighted by Gasteiger charge is -2.45. The zero-order chi connectivity index (χ0) is 26.7. The number of aliphatic hydroxyl groups excluding tert-OH is 1. The lowest BCUT2D eigenvalue weighted by atomic mass is 9.84. The molecule has 14 heteroatoms. The van der Waals surface area contributed by atoms with E-state index in [9.17, 15) is 24.3 Å². The van der Waals surface area contributed by atoms with Crippen molar-refractivity contribution in [3.05, 3.63) is 0 Å². The van der Waals surface area contributed by atoms with Gasteiger partial charge in [-0.3, -0.25) is 4.79 Å². The summed E-state index contributed by atoms with van der Waals surface area (Å²) in [5.41, 5.74) is 5.89. The number of carbonyl (C=O) groups is 4. The van der Waals surface area contributed by atoms with Crippen LogP contribution in [0.25, 0.3) is 0 Å². The van der Waals surface area contributed by atoms with Crippen molar-refractivity contribution >= 4 is 24.4 Å². The van der Waals surface area contributed by atoms with Crippen LogP contribution in [-0.2, 0) is 42.7 Å². The van der Waals surface area contributed by atoms with E-state index in [-0.39, 0.29) is 25.7 Å². The number of methoxy groups -OCH3 is 1. The summed E-state index contributed by atoms with van der Waals surface area (Å²) < 4.78 is 40.8. The molecule has 0 amide bonds. The molecule has 0 aromatic heterocycles. The van der Waals surface area contributed by atoms with Gasteiger partial charge in [0.1, 0.15) is 18.2 Å². The molecule has 0 spiro atoms. The highest BCUT2D eigenvalue weighted by Gasteiger charge is 2.59. The first kappa shape index (κ1) is 30.2. The van der Waals surface area contributed by atoms with Crippen molar-refractivity contribution in [2.45, 2.75) is 77.3 Å². The Morgan fingerprint density at radius 3 is 1.46 bits per heavy atom. The van der Waals surface area contributed by atoms with Crippen molar-refractivity contribution in [2.24, 2.45) is 11.7 Å². The maximum absolute atomic E-state index is 12.7. The Morgan fingerprint density at radius 1 is 0.714 bits per heavy atom. The average molecular weight is 510 g/mol. The number of carbonyl (C=O) groups excluding carboxylic acids is 4. The second-order valence-corrected chi connectivity index (χ2v) is 7.66. The summed E-state index contributed by atoms with van der Waals surface area (Å²) in [5, 5.41) is 10.9. The molecule has 1 aliphatic rings. The maximum atomic E-state index is 12.7. The fourth-order valence-corrected chi connectivity index (χ4v) is 3.22. The van der Waals surface area contributed by atoms with Crippen LogP contribution >= 0.6 is 0 Å². The summed E-state index contributed by atoms with van der Waals surface area (Å²) in [4.78, 5) is 49.2. The van der Waals surface area contributed by atoms with Gasteiger partial charge in [0.2, 0.25) is 0 Å². The number of ether oxygens (including phenoxy) is 8. The zero-order valence-electron chi connectivity index (χ0n) is 20.7. The summed E-state index contributed by atoms with van der Waals surface area (Å²) in [6.07, 6.45) is -13.4. The maximum Gasteiger partial charge on any atom is 0.508 e. The van der Waals surface area contributed by atoms with Crippen LogP contribution in [0.15, 0.2) is 0 Å². The predicted octanol–water partition coefficient (Wildman–Crippen LogP) is 0.896. The van der Waals surface area contributed by atoms with Gasteiger partial charge in [-0.15, -0.1) is 0 Å². The minimum absolute atomic E-state index is 0.0498. The number of hydrogen-bond acceptors (Lipinski definition) is 14. The Labute approximate surface area is 203 Å². The van der Waals surface area contributed by atoms with Gasteiger partial charge in [-0.05, 0) is 26.7 Å². The van der Waals surface area contributed by atoms with Crippen LogP contribution in [0.5, 0.6) is 0 Å². The molecule has 3 N–H and O–H groups in total. The molecule has 1 fully saturated rings. The molecule has 202 valence electrons. The first-order chi connectivity index (χ1) is 16.5. The van der Waals surface area contributed by atoms with Crippen molar-refractivity contribution in [3.63, 3.8) is 0 Å². The van der Waals surface area contributed by atoms with Gasteiger partial charge < -0.3 is 48.7 Å². The lowest BCUT2D eigenvalue weighted by molar-refractivity contribution is -0.245. The largest absolute Gasteiger partial charge is 0.508 e. The molecule has 0 heterocycles. The number of esters is 1. The van der Waals surface area contributed by atoms with E-state index in [1.54, 1.807) is 13.8 Å². The third-order valence-corrected chi connectivity index (χ3v) is 4.97. The van der Waals surface area contributed by atoms with Gasteiger partial charge in [0, 0.05) is 7.11 Å². The molecule has 0 saturated heterocycles. The standard InChI is InChI=1S/C21H35NO13/c1-7-29-19(25)33-14-12(23)13(28-6)15(34-20(26)30-8-2)17(16(14)35-21(27)31-9-3)32-18(24)11(22)10(4)5/h10-17,23H,7-9,22H2,1-6H3/t11-,12?,13?,14?,15?,16?,17?/m0/s1. The van der Waals surface area contributed by atoms with E-state index in [2.05, 4.69) is 0 Å². The molecule has 6 unspecified atom stereocenters. The molecular weight excluding hydrogens is 474 g/mol. The fourth-order valence-electron chi connectivity index (χ4n) is 3.22. The van der Waals surface area contributed by atoms with Crippen molar-refractivity contribution in [3.8, 4) is 0 Å². The summed E-state index contributed by atoms with van der Waals surface area (Å²) in [5.74, 6) is -1.30. The topological polar surface area (TPSA) is 188 Å². The fraction of sp³-hybridized carbons (Fsp3) is 0.810. The van der Waals surface area contributed by atoms with Gasteiger partial charge in [0.05, 0.1) is 19.8 Å². The number of nitrogens with two attached hydrogens (primary N) is 1. The first-order valence-electron chi connectivity index (χ1n) is 11.2. The third-order valence-electron chi connectivity index (χ3n) is 4.97. The molecule has 0 aliphatic heterocycles. The van der Waals surface area contributed by atoms with Crippen molar-refractivity contribution in [1.82, 2.24) is 0 Å². The molecule has 1 saturated carbocycles.